The molecule has 0 fully saturated rings. The lowest BCUT2D eigenvalue weighted by atomic mass is 9.92. The first-order chi connectivity index (χ1) is 11.0. The molecule has 0 aliphatic rings. The van der Waals surface area contributed by atoms with E-state index in [2.05, 4.69) is 0 Å². The fourth-order valence-corrected chi connectivity index (χ4v) is 3.84. The summed E-state index contributed by atoms with van der Waals surface area (Å²) >= 11 is 0. The largest absolute Gasteiger partial charge is 0.430 e. The average molecular weight is 376 g/mol. The van der Waals surface area contributed by atoms with E-state index in [1.54, 1.807) is 13.8 Å². The molecule has 1 N–H and O–H groups in total. The molecule has 0 radical (unpaired) electrons. The standard InChI is InChI=1S/C14H18F6O3Si/c1-3-22-11(23-4-2)24-10-7-5-6-9(8-10)12(21,13(15,16)17)14(18,19)20/h5-8,11,21H,3-4,24H2,1-2H3. The molecule has 0 atom stereocenters. The van der Waals surface area contributed by atoms with E-state index in [1.807, 2.05) is 0 Å². The second-order valence-electron chi connectivity index (χ2n) is 4.95. The molecule has 0 aliphatic heterocycles. The summed E-state index contributed by atoms with van der Waals surface area (Å²) in [5, 5.41) is 9.68. The van der Waals surface area contributed by atoms with Crippen LogP contribution in [-0.4, -0.2) is 46.1 Å². The Balaban J connectivity index is 3.22. The number of rotatable bonds is 7. The third-order valence-electron chi connectivity index (χ3n) is 3.27. The lowest BCUT2D eigenvalue weighted by molar-refractivity contribution is -0.376. The van der Waals surface area contributed by atoms with Crippen molar-refractivity contribution in [1.29, 1.82) is 0 Å². The maximum Gasteiger partial charge on any atom is 0.430 e. The Morgan fingerprint density at radius 2 is 1.50 bits per heavy atom. The van der Waals surface area contributed by atoms with Crippen molar-refractivity contribution in [3.8, 4) is 0 Å². The van der Waals surface area contributed by atoms with E-state index < -0.39 is 39.0 Å². The number of benzene rings is 1. The second kappa shape index (κ2) is 7.85. The van der Waals surface area contributed by atoms with Gasteiger partial charge in [-0.3, -0.25) is 0 Å². The zero-order valence-corrected chi connectivity index (χ0v) is 14.5. The van der Waals surface area contributed by atoms with Crippen molar-refractivity contribution in [2.45, 2.75) is 37.7 Å². The summed E-state index contributed by atoms with van der Waals surface area (Å²) in [6, 6.07) is 3.77. The van der Waals surface area contributed by atoms with Crippen molar-refractivity contribution in [2.24, 2.45) is 0 Å². The van der Waals surface area contributed by atoms with Crippen LogP contribution in [0.2, 0.25) is 0 Å². The van der Waals surface area contributed by atoms with E-state index in [-0.39, 0.29) is 5.19 Å². The molecule has 10 heteroatoms. The molecule has 0 heterocycles. The highest BCUT2D eigenvalue weighted by molar-refractivity contribution is 6.54. The minimum Gasteiger partial charge on any atom is -0.369 e. The summed E-state index contributed by atoms with van der Waals surface area (Å²) in [5.74, 6) is -0.667. The van der Waals surface area contributed by atoms with Crippen LogP contribution in [0.4, 0.5) is 26.3 Å². The molecule has 1 rings (SSSR count). The van der Waals surface area contributed by atoms with E-state index >= 15 is 0 Å². The van der Waals surface area contributed by atoms with Crippen molar-refractivity contribution >= 4 is 14.7 Å². The Bertz CT molecular complexity index is 512. The van der Waals surface area contributed by atoms with E-state index in [4.69, 9.17) is 9.47 Å². The van der Waals surface area contributed by atoms with Gasteiger partial charge in [-0.1, -0.05) is 29.5 Å². The Hall–Kier alpha value is -1.10. The minimum absolute atomic E-state index is 0.256. The molecule has 0 aromatic heterocycles. The Kier molecular flexibility index (Phi) is 6.85. The molecule has 0 saturated heterocycles. The topological polar surface area (TPSA) is 38.7 Å². The second-order valence-corrected chi connectivity index (χ2v) is 6.84. The van der Waals surface area contributed by atoms with E-state index in [0.717, 1.165) is 12.1 Å². The minimum atomic E-state index is -5.90. The first-order valence-electron chi connectivity index (χ1n) is 7.15. The fraction of sp³-hybridized carbons (Fsp3) is 0.571. The SMILES string of the molecule is CCOC(OCC)[SiH2]c1cccc(C(O)(C(F)(F)F)C(F)(F)F)c1. The molecule has 0 unspecified atom stereocenters. The van der Waals surface area contributed by atoms with Crippen LogP contribution >= 0.6 is 0 Å². The van der Waals surface area contributed by atoms with E-state index in [9.17, 15) is 31.4 Å². The maximum atomic E-state index is 12.9. The molecule has 24 heavy (non-hydrogen) atoms. The Morgan fingerprint density at radius 1 is 1.00 bits per heavy atom. The van der Waals surface area contributed by atoms with Gasteiger partial charge < -0.3 is 14.6 Å². The predicted octanol–water partition coefficient (Wildman–Crippen LogP) is 2.15. The van der Waals surface area contributed by atoms with Crippen LogP contribution in [0.5, 0.6) is 0 Å². The number of halogens is 6. The first-order valence-corrected chi connectivity index (χ1v) is 8.68. The van der Waals surface area contributed by atoms with Crippen molar-refractivity contribution in [3.63, 3.8) is 0 Å². The van der Waals surface area contributed by atoms with Gasteiger partial charge in [0.15, 0.2) is 0 Å². The van der Waals surface area contributed by atoms with Crippen LogP contribution < -0.4 is 5.19 Å². The molecule has 0 bridgehead atoms. The quantitative estimate of drug-likeness (QED) is 0.450. The summed E-state index contributed by atoms with van der Waals surface area (Å²) in [4.78, 5) is 0. The smallest absolute Gasteiger partial charge is 0.369 e. The van der Waals surface area contributed by atoms with Gasteiger partial charge in [-0.2, -0.15) is 26.3 Å². The van der Waals surface area contributed by atoms with Crippen LogP contribution in [0.25, 0.3) is 0 Å². The summed E-state index contributed by atoms with van der Waals surface area (Å²) in [7, 11) is -1.48. The Morgan fingerprint density at radius 3 is 1.92 bits per heavy atom. The summed E-state index contributed by atoms with van der Waals surface area (Å²) in [5.41, 5.74) is -6.18. The van der Waals surface area contributed by atoms with Crippen molar-refractivity contribution in [2.75, 3.05) is 13.2 Å². The summed E-state index contributed by atoms with van der Waals surface area (Å²) in [6.45, 7) is 3.99. The molecule has 1 aromatic carbocycles. The molecular weight excluding hydrogens is 358 g/mol. The van der Waals surface area contributed by atoms with Crippen molar-refractivity contribution in [3.05, 3.63) is 29.8 Å². The van der Waals surface area contributed by atoms with Gasteiger partial charge in [-0.15, -0.1) is 0 Å². The summed E-state index contributed by atoms with van der Waals surface area (Å²) < 4.78 is 88.0. The van der Waals surface area contributed by atoms with Crippen LogP contribution in [0.3, 0.4) is 0 Å². The maximum absolute atomic E-state index is 12.9. The molecule has 0 amide bonds. The highest BCUT2D eigenvalue weighted by atomic mass is 28.2. The molecular formula is C14H18F6O3Si. The number of ether oxygens (including phenoxy) is 2. The molecule has 0 aliphatic carbocycles. The van der Waals surface area contributed by atoms with Gasteiger partial charge in [-0.05, 0) is 13.8 Å². The Labute approximate surface area is 137 Å². The highest BCUT2D eigenvalue weighted by Gasteiger charge is 2.71. The normalized spacial score (nSPS) is 14.1. The van der Waals surface area contributed by atoms with Gasteiger partial charge >= 0.3 is 12.4 Å². The van der Waals surface area contributed by atoms with Crippen molar-refractivity contribution < 1.29 is 40.9 Å². The monoisotopic (exact) mass is 376 g/mol. The zero-order chi connectivity index (χ0) is 18.6. The molecule has 138 valence electrons. The number of hydrogen-bond donors (Lipinski definition) is 1. The fourth-order valence-electron chi connectivity index (χ4n) is 2.14. The van der Waals surface area contributed by atoms with Gasteiger partial charge in [0.05, 0.1) is 0 Å². The highest BCUT2D eigenvalue weighted by Crippen LogP contribution is 2.49. The van der Waals surface area contributed by atoms with Gasteiger partial charge in [0.25, 0.3) is 5.60 Å². The third-order valence-corrected chi connectivity index (χ3v) is 4.99. The average Bonchev–Trinajstić information content (AvgIpc) is 2.45. The lowest BCUT2D eigenvalue weighted by Gasteiger charge is -2.33. The first kappa shape index (κ1) is 20.9. The van der Waals surface area contributed by atoms with Crippen LogP contribution in [0, 0.1) is 0 Å². The molecule has 0 saturated carbocycles. The van der Waals surface area contributed by atoms with Crippen LogP contribution in [-0.2, 0) is 15.1 Å². The number of hydrogen-bond acceptors (Lipinski definition) is 3. The number of aliphatic hydroxyl groups is 1. The van der Waals surface area contributed by atoms with Crippen LogP contribution in [0.1, 0.15) is 19.4 Å². The summed E-state index contributed by atoms with van der Waals surface area (Å²) in [6.07, 6.45) is -11.8. The van der Waals surface area contributed by atoms with Crippen LogP contribution in [0.15, 0.2) is 24.3 Å². The molecule has 0 spiro atoms. The number of alkyl halides is 6. The van der Waals surface area contributed by atoms with Crippen molar-refractivity contribution in [1.82, 2.24) is 0 Å². The van der Waals surface area contributed by atoms with Gasteiger partial charge in [-0.25, -0.2) is 0 Å². The van der Waals surface area contributed by atoms with Gasteiger partial charge in [0.1, 0.15) is 15.4 Å². The molecule has 1 aromatic rings. The lowest BCUT2D eigenvalue weighted by Crippen LogP contribution is -2.54. The van der Waals surface area contributed by atoms with E-state index in [0.29, 0.717) is 19.3 Å². The third kappa shape index (κ3) is 4.50. The molecule has 3 nitrogen and oxygen atoms in total. The van der Waals surface area contributed by atoms with E-state index in [1.165, 1.54) is 6.07 Å². The predicted molar refractivity (Wildman–Crippen MR) is 77.7 cm³/mol. The zero-order valence-electron chi connectivity index (χ0n) is 13.0. The van der Waals surface area contributed by atoms with Gasteiger partial charge in [0, 0.05) is 18.8 Å². The van der Waals surface area contributed by atoms with Gasteiger partial charge in [0.2, 0.25) is 0 Å².